The SMILES string of the molecule is Cc1cc(/C=C2/SC(=O)N(CC(=O)Nc3cccc(F)c3)C2=O)c(C)n1-c1cccc(I)c1. The molecule has 1 aromatic heterocycles. The summed E-state index contributed by atoms with van der Waals surface area (Å²) in [5.74, 6) is -1.61. The van der Waals surface area contributed by atoms with E-state index in [9.17, 15) is 18.8 Å². The zero-order chi connectivity index (χ0) is 23.7. The molecule has 3 aromatic rings. The second-order valence-corrected chi connectivity index (χ2v) is 9.71. The number of nitrogens with zero attached hydrogens (tertiary/aromatic N) is 2. The summed E-state index contributed by atoms with van der Waals surface area (Å²) >= 11 is 3.06. The lowest BCUT2D eigenvalue weighted by Crippen LogP contribution is -2.36. The van der Waals surface area contributed by atoms with Crippen molar-refractivity contribution in [1.29, 1.82) is 0 Å². The molecule has 1 aliphatic rings. The Hall–Kier alpha value is -2.92. The summed E-state index contributed by atoms with van der Waals surface area (Å²) in [6.07, 6.45) is 1.68. The molecule has 0 radical (unpaired) electrons. The van der Waals surface area contributed by atoms with Crippen molar-refractivity contribution in [2.45, 2.75) is 13.8 Å². The third kappa shape index (κ3) is 5.03. The number of aromatic nitrogens is 1. The fraction of sp³-hybridized carbons (Fsp3) is 0.125. The predicted molar refractivity (Wildman–Crippen MR) is 136 cm³/mol. The van der Waals surface area contributed by atoms with Gasteiger partial charge in [0.15, 0.2) is 0 Å². The van der Waals surface area contributed by atoms with Crippen molar-refractivity contribution in [1.82, 2.24) is 9.47 Å². The summed E-state index contributed by atoms with van der Waals surface area (Å²) in [5.41, 5.74) is 4.02. The first-order valence-electron chi connectivity index (χ1n) is 9.98. The number of aryl methyl sites for hydroxylation is 1. The first-order chi connectivity index (χ1) is 15.7. The monoisotopic (exact) mass is 575 g/mol. The maximum absolute atomic E-state index is 13.3. The molecule has 1 saturated heterocycles. The molecule has 0 saturated carbocycles. The van der Waals surface area contributed by atoms with Gasteiger partial charge in [0.1, 0.15) is 12.4 Å². The Morgan fingerprint density at radius 3 is 2.61 bits per heavy atom. The Kier molecular flexibility index (Phi) is 6.71. The summed E-state index contributed by atoms with van der Waals surface area (Å²) in [6.45, 7) is 3.49. The Bertz CT molecular complexity index is 1320. The number of thioether (sulfide) groups is 1. The number of benzene rings is 2. The van der Waals surface area contributed by atoms with Crippen LogP contribution in [0.5, 0.6) is 0 Å². The van der Waals surface area contributed by atoms with E-state index in [1.807, 2.05) is 38.1 Å². The number of nitrogens with one attached hydrogen (secondary N) is 1. The maximum Gasteiger partial charge on any atom is 0.294 e. The molecule has 4 rings (SSSR count). The van der Waals surface area contributed by atoms with E-state index in [2.05, 4.69) is 38.5 Å². The fourth-order valence-electron chi connectivity index (χ4n) is 3.63. The normalized spacial score (nSPS) is 14.9. The lowest BCUT2D eigenvalue weighted by atomic mass is 10.2. The van der Waals surface area contributed by atoms with Crippen molar-refractivity contribution in [3.05, 3.63) is 85.8 Å². The van der Waals surface area contributed by atoms with Crippen LogP contribution in [0, 0.1) is 23.2 Å². The zero-order valence-corrected chi connectivity index (χ0v) is 20.7. The number of rotatable bonds is 5. The molecule has 1 N–H and O–H groups in total. The number of hydrogen-bond acceptors (Lipinski definition) is 4. The van der Waals surface area contributed by atoms with Crippen LogP contribution in [0.4, 0.5) is 14.9 Å². The number of anilines is 1. The van der Waals surface area contributed by atoms with E-state index in [0.29, 0.717) is 0 Å². The van der Waals surface area contributed by atoms with Gasteiger partial charge in [-0.1, -0.05) is 12.1 Å². The van der Waals surface area contributed by atoms with E-state index in [4.69, 9.17) is 0 Å². The summed E-state index contributed by atoms with van der Waals surface area (Å²) in [6, 6.07) is 15.4. The van der Waals surface area contributed by atoms with Gasteiger partial charge in [-0.2, -0.15) is 0 Å². The van der Waals surface area contributed by atoms with Gasteiger partial charge < -0.3 is 9.88 Å². The highest BCUT2D eigenvalue weighted by Crippen LogP contribution is 2.33. The highest BCUT2D eigenvalue weighted by atomic mass is 127. The van der Waals surface area contributed by atoms with Gasteiger partial charge in [-0.05, 0) is 102 Å². The number of amides is 3. The fourth-order valence-corrected chi connectivity index (χ4v) is 4.99. The molecule has 2 heterocycles. The summed E-state index contributed by atoms with van der Waals surface area (Å²) in [4.78, 5) is 38.7. The minimum absolute atomic E-state index is 0.251. The van der Waals surface area contributed by atoms with Crippen LogP contribution in [0.15, 0.2) is 59.5 Å². The van der Waals surface area contributed by atoms with Gasteiger partial charge in [-0.25, -0.2) is 4.39 Å². The molecule has 0 bridgehead atoms. The quantitative estimate of drug-likeness (QED) is 0.322. The number of carbonyl (C=O) groups excluding carboxylic acids is 3. The van der Waals surface area contributed by atoms with Crippen molar-refractivity contribution in [3.63, 3.8) is 0 Å². The second kappa shape index (κ2) is 9.52. The third-order valence-electron chi connectivity index (χ3n) is 5.11. The first kappa shape index (κ1) is 23.2. The molecule has 1 aliphatic heterocycles. The van der Waals surface area contributed by atoms with Crippen LogP contribution in [-0.2, 0) is 9.59 Å². The maximum atomic E-state index is 13.3. The van der Waals surface area contributed by atoms with Gasteiger partial charge in [0.05, 0.1) is 4.91 Å². The topological polar surface area (TPSA) is 71.4 Å². The molecular weight excluding hydrogens is 556 g/mol. The van der Waals surface area contributed by atoms with Crippen molar-refractivity contribution < 1.29 is 18.8 Å². The van der Waals surface area contributed by atoms with E-state index < -0.39 is 29.4 Å². The van der Waals surface area contributed by atoms with E-state index in [1.165, 1.54) is 18.2 Å². The Labute approximate surface area is 208 Å². The average Bonchev–Trinajstić information content (AvgIpc) is 3.17. The van der Waals surface area contributed by atoms with Crippen molar-refractivity contribution >= 4 is 63.2 Å². The van der Waals surface area contributed by atoms with Crippen molar-refractivity contribution in [2.75, 3.05) is 11.9 Å². The van der Waals surface area contributed by atoms with Crippen LogP contribution >= 0.6 is 34.4 Å². The highest BCUT2D eigenvalue weighted by molar-refractivity contribution is 14.1. The van der Waals surface area contributed by atoms with Gasteiger partial charge in [-0.15, -0.1) is 0 Å². The van der Waals surface area contributed by atoms with Gasteiger partial charge >= 0.3 is 0 Å². The van der Waals surface area contributed by atoms with Gasteiger partial charge in [-0.3, -0.25) is 19.3 Å². The van der Waals surface area contributed by atoms with Crippen molar-refractivity contribution in [2.24, 2.45) is 0 Å². The standard InChI is InChI=1S/C24H19FIN3O3S/c1-14-9-16(15(2)29(14)20-8-4-6-18(26)12-20)10-21-23(31)28(24(32)33-21)13-22(30)27-19-7-3-5-17(25)11-19/h3-12H,13H2,1-2H3,(H,27,30)/b21-10+. The lowest BCUT2D eigenvalue weighted by molar-refractivity contribution is -0.127. The number of hydrogen-bond donors (Lipinski definition) is 1. The van der Waals surface area contributed by atoms with E-state index >= 15 is 0 Å². The van der Waals surface area contributed by atoms with Crippen LogP contribution in [0.25, 0.3) is 11.8 Å². The predicted octanol–water partition coefficient (Wildman–Crippen LogP) is 5.51. The molecule has 2 aromatic carbocycles. The van der Waals surface area contributed by atoms with Gasteiger partial charge in [0.2, 0.25) is 5.91 Å². The smallest absolute Gasteiger partial charge is 0.294 e. The molecule has 0 aliphatic carbocycles. The van der Waals surface area contributed by atoms with Crippen molar-refractivity contribution in [3.8, 4) is 5.69 Å². The summed E-state index contributed by atoms with van der Waals surface area (Å²) in [7, 11) is 0. The number of carbonyl (C=O) groups is 3. The molecule has 168 valence electrons. The Morgan fingerprint density at radius 1 is 1.12 bits per heavy atom. The third-order valence-corrected chi connectivity index (χ3v) is 6.69. The van der Waals surface area contributed by atoms with Gasteiger partial charge in [0.25, 0.3) is 11.1 Å². The number of imide groups is 1. The number of halogens is 2. The van der Waals surface area contributed by atoms with Crippen LogP contribution in [0.1, 0.15) is 17.0 Å². The van der Waals surface area contributed by atoms with E-state index in [-0.39, 0.29) is 10.6 Å². The molecule has 0 spiro atoms. The van der Waals surface area contributed by atoms with Crippen LogP contribution in [-0.4, -0.2) is 33.1 Å². The Morgan fingerprint density at radius 2 is 1.88 bits per heavy atom. The summed E-state index contributed by atoms with van der Waals surface area (Å²) in [5, 5.41) is 1.98. The minimum atomic E-state index is -0.582. The van der Waals surface area contributed by atoms with Crippen LogP contribution in [0.2, 0.25) is 0 Å². The first-order valence-corrected chi connectivity index (χ1v) is 11.9. The molecule has 1 fully saturated rings. The largest absolute Gasteiger partial charge is 0.324 e. The average molecular weight is 575 g/mol. The molecule has 9 heteroatoms. The Balaban J connectivity index is 1.53. The molecule has 0 unspecified atom stereocenters. The van der Waals surface area contributed by atoms with Crippen LogP contribution in [0.3, 0.4) is 0 Å². The van der Waals surface area contributed by atoms with Gasteiger partial charge in [0, 0.05) is 26.3 Å². The molecule has 0 atom stereocenters. The minimum Gasteiger partial charge on any atom is -0.324 e. The molecule has 33 heavy (non-hydrogen) atoms. The molecule has 6 nitrogen and oxygen atoms in total. The summed E-state index contributed by atoms with van der Waals surface area (Å²) < 4.78 is 16.5. The van der Waals surface area contributed by atoms with E-state index in [1.54, 1.807) is 6.08 Å². The highest BCUT2D eigenvalue weighted by Gasteiger charge is 2.36. The lowest BCUT2D eigenvalue weighted by Gasteiger charge is -2.12. The second-order valence-electron chi connectivity index (χ2n) is 7.47. The molecule has 3 amide bonds. The van der Waals surface area contributed by atoms with Crippen LogP contribution < -0.4 is 5.32 Å². The van der Waals surface area contributed by atoms with E-state index in [0.717, 1.165) is 48.9 Å². The molecular formula is C24H19FIN3O3S. The zero-order valence-electron chi connectivity index (χ0n) is 17.8.